The summed E-state index contributed by atoms with van der Waals surface area (Å²) in [5, 5.41) is 11.6. The number of anilines is 1. The lowest BCUT2D eigenvalue weighted by atomic mass is 10.1. The molecule has 0 heterocycles. The van der Waals surface area contributed by atoms with Crippen LogP contribution < -0.4 is 10.1 Å². The summed E-state index contributed by atoms with van der Waals surface area (Å²) in [5.74, 6) is -0.479. The number of benzene rings is 2. The zero-order valence-electron chi connectivity index (χ0n) is 12.8. The number of ether oxygens (including phenoxy) is 1. The van der Waals surface area contributed by atoms with E-state index in [2.05, 4.69) is 5.32 Å². The van der Waals surface area contributed by atoms with Crippen molar-refractivity contribution in [3.8, 4) is 11.8 Å². The normalized spacial score (nSPS) is 10.8. The van der Waals surface area contributed by atoms with E-state index < -0.39 is 11.7 Å². The van der Waals surface area contributed by atoms with E-state index in [1.54, 1.807) is 24.3 Å². The van der Waals surface area contributed by atoms with Crippen LogP contribution in [0.2, 0.25) is 5.02 Å². The highest BCUT2D eigenvalue weighted by Gasteiger charge is 2.11. The minimum Gasteiger partial charge on any atom is -0.494 e. The Bertz CT molecular complexity index is 811. The number of hydrogen-bond donors (Lipinski definition) is 1. The monoisotopic (exact) mass is 344 g/mol. The smallest absolute Gasteiger partial charge is 0.266 e. The summed E-state index contributed by atoms with van der Waals surface area (Å²) in [6.45, 7) is 2.44. The van der Waals surface area contributed by atoms with Crippen molar-refractivity contribution in [3.05, 3.63) is 64.4 Å². The van der Waals surface area contributed by atoms with Crippen LogP contribution in [0.1, 0.15) is 12.5 Å². The molecule has 0 aliphatic heterocycles. The number of carbonyl (C=O) groups is 1. The number of carbonyl (C=O) groups excluding carboxylic acids is 1. The Balaban J connectivity index is 2.15. The molecule has 1 N–H and O–H groups in total. The second-order valence-corrected chi connectivity index (χ2v) is 5.16. The molecule has 122 valence electrons. The quantitative estimate of drug-likeness (QED) is 0.645. The molecule has 0 saturated heterocycles. The number of hydrogen-bond acceptors (Lipinski definition) is 3. The summed E-state index contributed by atoms with van der Waals surface area (Å²) < 4.78 is 18.4. The molecule has 4 nitrogen and oxygen atoms in total. The molecular formula is C18H14ClFN2O2. The summed E-state index contributed by atoms with van der Waals surface area (Å²) in [5.41, 5.74) is 0.904. The summed E-state index contributed by atoms with van der Waals surface area (Å²) >= 11 is 5.66. The highest BCUT2D eigenvalue weighted by Crippen LogP contribution is 2.20. The van der Waals surface area contributed by atoms with E-state index in [-0.39, 0.29) is 10.6 Å². The zero-order valence-corrected chi connectivity index (χ0v) is 13.6. The van der Waals surface area contributed by atoms with Crippen LogP contribution in [-0.2, 0) is 4.79 Å². The van der Waals surface area contributed by atoms with Gasteiger partial charge in [-0.2, -0.15) is 5.26 Å². The Kier molecular flexibility index (Phi) is 5.94. The van der Waals surface area contributed by atoms with Gasteiger partial charge in [0.1, 0.15) is 23.2 Å². The molecule has 0 fully saturated rings. The van der Waals surface area contributed by atoms with Gasteiger partial charge in [0.05, 0.1) is 11.6 Å². The molecule has 24 heavy (non-hydrogen) atoms. The summed E-state index contributed by atoms with van der Waals surface area (Å²) in [6.07, 6.45) is 1.45. The van der Waals surface area contributed by atoms with E-state index in [4.69, 9.17) is 16.3 Å². The number of halogens is 2. The molecule has 0 aromatic heterocycles. The molecule has 0 bridgehead atoms. The summed E-state index contributed by atoms with van der Waals surface area (Å²) in [7, 11) is 0. The van der Waals surface area contributed by atoms with E-state index in [1.807, 2.05) is 13.0 Å². The van der Waals surface area contributed by atoms with Crippen molar-refractivity contribution in [2.75, 3.05) is 11.9 Å². The highest BCUT2D eigenvalue weighted by atomic mass is 35.5. The molecule has 6 heteroatoms. The maximum Gasteiger partial charge on any atom is 0.266 e. The average molecular weight is 345 g/mol. The molecule has 2 rings (SSSR count). The molecule has 0 radical (unpaired) electrons. The van der Waals surface area contributed by atoms with Gasteiger partial charge < -0.3 is 10.1 Å². The van der Waals surface area contributed by atoms with Gasteiger partial charge in [-0.1, -0.05) is 23.7 Å². The lowest BCUT2D eigenvalue weighted by Gasteiger charge is -2.06. The van der Waals surface area contributed by atoms with Gasteiger partial charge in [0, 0.05) is 5.69 Å². The lowest BCUT2D eigenvalue weighted by Crippen LogP contribution is -2.13. The predicted octanol–water partition coefficient (Wildman–Crippen LogP) is 4.42. The van der Waals surface area contributed by atoms with E-state index in [1.165, 1.54) is 18.2 Å². The van der Waals surface area contributed by atoms with E-state index >= 15 is 0 Å². The maximum atomic E-state index is 13.1. The van der Waals surface area contributed by atoms with E-state index in [0.29, 0.717) is 23.6 Å². The van der Waals surface area contributed by atoms with Crippen LogP contribution in [0.4, 0.5) is 10.1 Å². The van der Waals surface area contributed by atoms with Crippen molar-refractivity contribution < 1.29 is 13.9 Å². The van der Waals surface area contributed by atoms with Crippen LogP contribution in [0.25, 0.3) is 6.08 Å². The fourth-order valence-electron chi connectivity index (χ4n) is 1.91. The van der Waals surface area contributed by atoms with Crippen molar-refractivity contribution in [1.29, 1.82) is 5.26 Å². The van der Waals surface area contributed by atoms with Crippen LogP contribution in [0.3, 0.4) is 0 Å². The second-order valence-electron chi connectivity index (χ2n) is 4.75. The first-order valence-electron chi connectivity index (χ1n) is 7.14. The SMILES string of the molecule is CCOc1ccc(/C=C(\C#N)C(=O)Nc2ccc(F)c(Cl)c2)cc1. The van der Waals surface area contributed by atoms with Crippen molar-refractivity contribution in [3.63, 3.8) is 0 Å². The molecule has 0 spiro atoms. The van der Waals surface area contributed by atoms with Crippen molar-refractivity contribution >= 4 is 29.3 Å². The van der Waals surface area contributed by atoms with Gasteiger partial charge in [0.2, 0.25) is 0 Å². The third-order valence-electron chi connectivity index (χ3n) is 3.04. The van der Waals surface area contributed by atoms with Gasteiger partial charge in [-0.15, -0.1) is 0 Å². The zero-order chi connectivity index (χ0) is 17.5. The molecule has 0 unspecified atom stereocenters. The van der Waals surface area contributed by atoms with Crippen LogP contribution in [0, 0.1) is 17.1 Å². The van der Waals surface area contributed by atoms with Gasteiger partial charge in [0.25, 0.3) is 5.91 Å². The summed E-state index contributed by atoms with van der Waals surface area (Å²) in [4.78, 5) is 12.2. The Morgan fingerprint density at radius 2 is 2.04 bits per heavy atom. The summed E-state index contributed by atoms with van der Waals surface area (Å²) in [6, 6.07) is 12.6. The Morgan fingerprint density at radius 3 is 2.62 bits per heavy atom. The first-order chi connectivity index (χ1) is 11.5. The first kappa shape index (κ1) is 17.5. The molecule has 0 aliphatic carbocycles. The van der Waals surface area contributed by atoms with E-state index in [0.717, 1.165) is 6.07 Å². The number of nitrogens with zero attached hydrogens (tertiary/aromatic N) is 1. The topological polar surface area (TPSA) is 62.1 Å². The number of nitrogens with one attached hydrogen (secondary N) is 1. The Morgan fingerprint density at radius 1 is 1.33 bits per heavy atom. The molecule has 0 saturated carbocycles. The second kappa shape index (κ2) is 8.14. The van der Waals surface area contributed by atoms with Gasteiger partial charge in [-0.25, -0.2) is 4.39 Å². The van der Waals surface area contributed by atoms with Crippen LogP contribution >= 0.6 is 11.6 Å². The number of amides is 1. The number of rotatable bonds is 5. The maximum absolute atomic E-state index is 13.1. The van der Waals surface area contributed by atoms with Crippen molar-refractivity contribution in [1.82, 2.24) is 0 Å². The predicted molar refractivity (Wildman–Crippen MR) is 91.2 cm³/mol. The molecular weight excluding hydrogens is 331 g/mol. The number of nitriles is 1. The fraction of sp³-hybridized carbons (Fsp3) is 0.111. The van der Waals surface area contributed by atoms with E-state index in [9.17, 15) is 14.4 Å². The molecule has 2 aromatic carbocycles. The Hall–Kier alpha value is -2.84. The highest BCUT2D eigenvalue weighted by molar-refractivity contribution is 6.31. The molecule has 0 atom stereocenters. The van der Waals surface area contributed by atoms with Crippen LogP contribution in [0.15, 0.2) is 48.0 Å². The molecule has 0 aliphatic rings. The Labute approximate surface area is 144 Å². The van der Waals surface area contributed by atoms with Gasteiger partial charge in [-0.05, 0) is 48.9 Å². The van der Waals surface area contributed by atoms with Gasteiger partial charge >= 0.3 is 0 Å². The van der Waals surface area contributed by atoms with Crippen molar-refractivity contribution in [2.24, 2.45) is 0 Å². The third kappa shape index (κ3) is 4.58. The molecule has 2 aromatic rings. The molecule has 1 amide bonds. The lowest BCUT2D eigenvalue weighted by molar-refractivity contribution is -0.112. The van der Waals surface area contributed by atoms with Gasteiger partial charge in [0.15, 0.2) is 0 Å². The average Bonchev–Trinajstić information content (AvgIpc) is 2.57. The fourth-order valence-corrected chi connectivity index (χ4v) is 2.10. The first-order valence-corrected chi connectivity index (χ1v) is 7.52. The van der Waals surface area contributed by atoms with Gasteiger partial charge in [-0.3, -0.25) is 4.79 Å². The minimum absolute atomic E-state index is 0.0837. The minimum atomic E-state index is -0.603. The largest absolute Gasteiger partial charge is 0.494 e. The van der Waals surface area contributed by atoms with Crippen molar-refractivity contribution in [2.45, 2.75) is 6.92 Å². The van der Waals surface area contributed by atoms with Crippen LogP contribution in [-0.4, -0.2) is 12.5 Å². The standard InChI is InChI=1S/C18H14ClFN2O2/c1-2-24-15-6-3-12(4-7-15)9-13(11-21)18(23)22-14-5-8-17(20)16(19)10-14/h3-10H,2H2,1H3,(H,22,23)/b13-9+. The van der Waals surface area contributed by atoms with Crippen LogP contribution in [0.5, 0.6) is 5.75 Å². The third-order valence-corrected chi connectivity index (χ3v) is 3.33.